The van der Waals surface area contributed by atoms with E-state index in [0.717, 1.165) is 16.7 Å². The summed E-state index contributed by atoms with van der Waals surface area (Å²) in [4.78, 5) is 28.7. The molecule has 136 valence electrons. The highest BCUT2D eigenvalue weighted by Crippen LogP contribution is 2.40. The smallest absolute Gasteiger partial charge is 0.221 e. The Hall–Kier alpha value is -3.48. The summed E-state index contributed by atoms with van der Waals surface area (Å²) in [6.07, 6.45) is 1.71. The van der Waals surface area contributed by atoms with Crippen molar-refractivity contribution in [1.29, 1.82) is 0 Å². The van der Waals surface area contributed by atoms with Gasteiger partial charge in [-0.1, -0.05) is 17.3 Å². The van der Waals surface area contributed by atoms with E-state index in [9.17, 15) is 9.59 Å². The number of Topliss-reactive ketones (excluding diaryl/α,β-unsaturated/α-hetero) is 1. The third-order valence-electron chi connectivity index (χ3n) is 4.50. The molecule has 27 heavy (non-hydrogen) atoms. The standard InChI is InChI=1S/C20H18N4O3/c1-11-8-17(24-27-11)19(26)16-10-22-20-18(16)15(6-7-21-20)13-4-3-5-14(9-13)23-12(2)25/h3-9,16H,10H2,1-2H3,(H,21,22)(H,23,25). The molecule has 0 bridgehead atoms. The number of amides is 1. The first-order valence-electron chi connectivity index (χ1n) is 8.61. The van der Waals surface area contributed by atoms with Gasteiger partial charge in [-0.25, -0.2) is 4.98 Å². The van der Waals surface area contributed by atoms with E-state index in [1.54, 1.807) is 19.2 Å². The van der Waals surface area contributed by atoms with Gasteiger partial charge < -0.3 is 15.2 Å². The summed E-state index contributed by atoms with van der Waals surface area (Å²) in [6.45, 7) is 3.68. The van der Waals surface area contributed by atoms with E-state index in [-0.39, 0.29) is 11.7 Å². The number of carbonyl (C=O) groups excluding carboxylic acids is 2. The zero-order chi connectivity index (χ0) is 19.0. The van der Waals surface area contributed by atoms with E-state index >= 15 is 0 Å². The number of fused-ring (bicyclic) bond motifs is 1. The first-order valence-corrected chi connectivity index (χ1v) is 8.61. The molecule has 1 aromatic carbocycles. The van der Waals surface area contributed by atoms with E-state index in [0.29, 0.717) is 29.5 Å². The van der Waals surface area contributed by atoms with Gasteiger partial charge in [0.25, 0.3) is 0 Å². The largest absolute Gasteiger partial charge is 0.369 e. The van der Waals surface area contributed by atoms with Crippen LogP contribution in [0.3, 0.4) is 0 Å². The fourth-order valence-electron chi connectivity index (χ4n) is 3.37. The van der Waals surface area contributed by atoms with Gasteiger partial charge in [-0.05, 0) is 36.2 Å². The fourth-order valence-corrected chi connectivity index (χ4v) is 3.37. The molecule has 0 saturated heterocycles. The number of benzene rings is 1. The van der Waals surface area contributed by atoms with E-state index in [4.69, 9.17) is 4.52 Å². The van der Waals surface area contributed by atoms with Crippen LogP contribution in [0, 0.1) is 6.92 Å². The highest BCUT2D eigenvalue weighted by molar-refractivity contribution is 6.03. The van der Waals surface area contributed by atoms with Crippen LogP contribution in [-0.2, 0) is 4.79 Å². The number of pyridine rings is 1. The highest BCUT2D eigenvalue weighted by atomic mass is 16.5. The molecular formula is C20H18N4O3. The Morgan fingerprint density at radius 1 is 1.26 bits per heavy atom. The number of anilines is 2. The van der Waals surface area contributed by atoms with Gasteiger partial charge in [-0.3, -0.25) is 9.59 Å². The minimum atomic E-state index is -0.405. The van der Waals surface area contributed by atoms with Crippen LogP contribution < -0.4 is 10.6 Å². The lowest BCUT2D eigenvalue weighted by atomic mass is 9.89. The number of nitrogens with one attached hydrogen (secondary N) is 2. The Morgan fingerprint density at radius 3 is 2.85 bits per heavy atom. The molecule has 2 N–H and O–H groups in total. The van der Waals surface area contributed by atoms with Gasteiger partial charge in [0.15, 0.2) is 11.5 Å². The first kappa shape index (κ1) is 17.0. The molecule has 3 aromatic rings. The average molecular weight is 362 g/mol. The van der Waals surface area contributed by atoms with Crippen LogP contribution in [0.4, 0.5) is 11.5 Å². The van der Waals surface area contributed by atoms with Crippen molar-refractivity contribution in [3.63, 3.8) is 0 Å². The lowest BCUT2D eigenvalue weighted by Crippen LogP contribution is -2.15. The molecule has 0 saturated carbocycles. The number of hydrogen-bond donors (Lipinski definition) is 2. The van der Waals surface area contributed by atoms with Crippen molar-refractivity contribution in [2.45, 2.75) is 19.8 Å². The first-order chi connectivity index (χ1) is 13.0. The molecule has 4 rings (SSSR count). The van der Waals surface area contributed by atoms with Crippen molar-refractivity contribution in [2.24, 2.45) is 0 Å². The maximum absolute atomic E-state index is 13.0. The van der Waals surface area contributed by atoms with E-state index in [2.05, 4.69) is 20.8 Å². The maximum Gasteiger partial charge on any atom is 0.221 e. The zero-order valence-corrected chi connectivity index (χ0v) is 14.9. The van der Waals surface area contributed by atoms with Crippen LogP contribution >= 0.6 is 0 Å². The normalized spacial score (nSPS) is 15.1. The van der Waals surface area contributed by atoms with E-state index in [1.807, 2.05) is 30.3 Å². The van der Waals surface area contributed by atoms with Gasteiger partial charge in [0.2, 0.25) is 5.91 Å². The average Bonchev–Trinajstić information content (AvgIpc) is 3.27. The molecule has 7 nitrogen and oxygen atoms in total. The van der Waals surface area contributed by atoms with Crippen LogP contribution in [0.15, 0.2) is 47.1 Å². The Kier molecular flexibility index (Phi) is 4.19. The predicted octanol–water partition coefficient (Wildman–Crippen LogP) is 3.40. The van der Waals surface area contributed by atoms with Crippen molar-refractivity contribution >= 4 is 23.2 Å². The SMILES string of the molecule is CC(=O)Nc1cccc(-c2ccnc3c2C(C(=O)c2cc(C)on2)CN3)c1. The Labute approximate surface area is 155 Å². The topological polar surface area (TPSA) is 97.1 Å². The van der Waals surface area contributed by atoms with Crippen LogP contribution in [-0.4, -0.2) is 28.4 Å². The van der Waals surface area contributed by atoms with Gasteiger partial charge in [0.1, 0.15) is 11.6 Å². The molecule has 0 radical (unpaired) electrons. The molecule has 1 atom stereocenters. The lowest BCUT2D eigenvalue weighted by molar-refractivity contribution is -0.114. The molecule has 1 amide bonds. The van der Waals surface area contributed by atoms with Gasteiger partial charge in [0.05, 0.1) is 5.92 Å². The number of nitrogens with zero attached hydrogens (tertiary/aromatic N) is 2. The van der Waals surface area contributed by atoms with Gasteiger partial charge in [-0.2, -0.15) is 0 Å². The molecule has 2 aromatic heterocycles. The summed E-state index contributed by atoms with van der Waals surface area (Å²) < 4.78 is 5.05. The zero-order valence-electron chi connectivity index (χ0n) is 14.9. The molecule has 1 aliphatic heterocycles. The Bertz CT molecular complexity index is 1040. The number of hydrogen-bond acceptors (Lipinski definition) is 6. The van der Waals surface area contributed by atoms with Crippen LogP contribution in [0.2, 0.25) is 0 Å². The minimum absolute atomic E-state index is 0.106. The van der Waals surface area contributed by atoms with E-state index in [1.165, 1.54) is 6.92 Å². The second-order valence-corrected chi connectivity index (χ2v) is 6.50. The number of aryl methyl sites for hydroxylation is 1. The van der Waals surface area contributed by atoms with Gasteiger partial charge >= 0.3 is 0 Å². The van der Waals surface area contributed by atoms with Crippen molar-refractivity contribution in [1.82, 2.24) is 10.1 Å². The van der Waals surface area contributed by atoms with Crippen molar-refractivity contribution in [3.8, 4) is 11.1 Å². The molecule has 0 aliphatic carbocycles. The van der Waals surface area contributed by atoms with Crippen LogP contribution in [0.25, 0.3) is 11.1 Å². The molecular weight excluding hydrogens is 344 g/mol. The summed E-state index contributed by atoms with van der Waals surface area (Å²) in [6, 6.07) is 11.1. The quantitative estimate of drug-likeness (QED) is 0.691. The Morgan fingerprint density at radius 2 is 2.11 bits per heavy atom. The second kappa shape index (κ2) is 6.68. The molecule has 1 unspecified atom stereocenters. The van der Waals surface area contributed by atoms with Crippen molar-refractivity contribution in [3.05, 3.63) is 59.6 Å². The van der Waals surface area contributed by atoms with Gasteiger partial charge in [0, 0.05) is 37.0 Å². The molecule has 0 spiro atoms. The fraction of sp³-hybridized carbons (Fsp3) is 0.200. The van der Waals surface area contributed by atoms with E-state index < -0.39 is 5.92 Å². The molecule has 3 heterocycles. The summed E-state index contributed by atoms with van der Waals surface area (Å²) >= 11 is 0. The van der Waals surface area contributed by atoms with Crippen molar-refractivity contribution < 1.29 is 14.1 Å². The molecule has 0 fully saturated rings. The predicted molar refractivity (Wildman–Crippen MR) is 101 cm³/mol. The monoisotopic (exact) mass is 362 g/mol. The summed E-state index contributed by atoms with van der Waals surface area (Å²) in [7, 11) is 0. The minimum Gasteiger partial charge on any atom is -0.369 e. The Balaban J connectivity index is 1.76. The number of rotatable bonds is 4. The van der Waals surface area contributed by atoms with Crippen LogP contribution in [0.1, 0.15) is 34.7 Å². The maximum atomic E-state index is 13.0. The molecule has 1 aliphatic rings. The second-order valence-electron chi connectivity index (χ2n) is 6.50. The number of aromatic nitrogens is 2. The lowest BCUT2D eigenvalue weighted by Gasteiger charge is -2.13. The van der Waals surface area contributed by atoms with Crippen molar-refractivity contribution in [2.75, 3.05) is 17.2 Å². The summed E-state index contributed by atoms with van der Waals surface area (Å²) in [5, 5.41) is 9.85. The molecule has 7 heteroatoms. The highest BCUT2D eigenvalue weighted by Gasteiger charge is 2.34. The third kappa shape index (κ3) is 3.19. The van der Waals surface area contributed by atoms with Crippen LogP contribution in [0.5, 0.6) is 0 Å². The number of ketones is 1. The summed E-state index contributed by atoms with van der Waals surface area (Å²) in [5.74, 6) is 0.640. The number of carbonyl (C=O) groups is 2. The third-order valence-corrected chi connectivity index (χ3v) is 4.50. The summed E-state index contributed by atoms with van der Waals surface area (Å²) in [5.41, 5.74) is 3.65. The van der Waals surface area contributed by atoms with Gasteiger partial charge in [-0.15, -0.1) is 0 Å².